The van der Waals surface area contributed by atoms with Crippen LogP contribution in [0.1, 0.15) is 40.0 Å². The molecule has 4 aromatic rings. The molecule has 5 heteroatoms. The molecule has 1 N–H and O–H groups in total. The summed E-state index contributed by atoms with van der Waals surface area (Å²) in [6.07, 6.45) is 5.00. The van der Waals surface area contributed by atoms with E-state index in [1.165, 1.54) is 39.1 Å². The van der Waals surface area contributed by atoms with Crippen molar-refractivity contribution in [2.45, 2.75) is 46.0 Å². The maximum atomic E-state index is 13.0. The van der Waals surface area contributed by atoms with Gasteiger partial charge in [0.2, 0.25) is 5.91 Å². The van der Waals surface area contributed by atoms with E-state index in [2.05, 4.69) is 55.6 Å². The number of fused-ring (bicyclic) bond motifs is 2. The van der Waals surface area contributed by atoms with Crippen LogP contribution in [0.2, 0.25) is 0 Å². The van der Waals surface area contributed by atoms with Gasteiger partial charge in [-0.1, -0.05) is 35.9 Å². The van der Waals surface area contributed by atoms with Crippen molar-refractivity contribution in [2.24, 2.45) is 0 Å². The van der Waals surface area contributed by atoms with E-state index in [1.54, 1.807) is 22.7 Å². The Hall–Kier alpha value is -2.50. The van der Waals surface area contributed by atoms with Crippen LogP contribution < -0.4 is 5.32 Å². The molecule has 0 radical (unpaired) electrons. The minimum atomic E-state index is 0.0444. The number of hydrogen-bond acceptors (Lipinski definition) is 4. The predicted octanol–water partition coefficient (Wildman–Crippen LogP) is 6.70. The molecule has 1 aliphatic carbocycles. The van der Waals surface area contributed by atoms with Gasteiger partial charge in [-0.2, -0.15) is 0 Å². The molecule has 0 spiro atoms. The third kappa shape index (κ3) is 3.68. The van der Waals surface area contributed by atoms with E-state index in [1.807, 2.05) is 6.07 Å². The summed E-state index contributed by atoms with van der Waals surface area (Å²) in [5.41, 5.74) is 7.06. The Labute approximate surface area is 184 Å². The highest BCUT2D eigenvalue weighted by molar-refractivity contribution is 7.22. The van der Waals surface area contributed by atoms with Crippen LogP contribution in [0.15, 0.2) is 42.5 Å². The number of aromatic nitrogens is 1. The fraction of sp³-hybridized carbons (Fsp3) is 0.280. The number of nitrogens with one attached hydrogen (secondary N) is 1. The fourth-order valence-electron chi connectivity index (χ4n) is 4.25. The third-order valence-electron chi connectivity index (χ3n) is 5.78. The summed E-state index contributed by atoms with van der Waals surface area (Å²) in [4.78, 5) is 19.3. The zero-order chi connectivity index (χ0) is 20.7. The highest BCUT2D eigenvalue weighted by Gasteiger charge is 2.25. The maximum absolute atomic E-state index is 13.0. The lowest BCUT2D eigenvalue weighted by Crippen LogP contribution is -2.15. The van der Waals surface area contributed by atoms with Gasteiger partial charge in [0.05, 0.1) is 16.6 Å². The van der Waals surface area contributed by atoms with Gasteiger partial charge in [-0.25, -0.2) is 4.98 Å². The molecule has 0 unspecified atom stereocenters. The van der Waals surface area contributed by atoms with Crippen LogP contribution in [-0.4, -0.2) is 10.9 Å². The number of carbonyl (C=O) groups is 1. The molecule has 0 aliphatic heterocycles. The summed E-state index contributed by atoms with van der Waals surface area (Å²) in [5.74, 6) is 0.0444. The molecular formula is C25H24N2OS2. The Balaban J connectivity index is 1.50. The maximum Gasteiger partial charge on any atom is 0.229 e. The predicted molar refractivity (Wildman–Crippen MR) is 128 cm³/mol. The second-order valence-corrected chi connectivity index (χ2v) is 10.2. The SMILES string of the molecule is Cc1ccc(CC(=O)Nc2sc3c(c2-c2nc4ccccc4s2)CCCC3)c(C)c1. The highest BCUT2D eigenvalue weighted by Crippen LogP contribution is 2.46. The van der Waals surface area contributed by atoms with E-state index in [0.29, 0.717) is 6.42 Å². The van der Waals surface area contributed by atoms with Crippen molar-refractivity contribution >= 4 is 43.8 Å². The van der Waals surface area contributed by atoms with Crippen LogP contribution in [-0.2, 0) is 24.1 Å². The monoisotopic (exact) mass is 432 g/mol. The second kappa shape index (κ2) is 7.97. The summed E-state index contributed by atoms with van der Waals surface area (Å²) < 4.78 is 1.19. The number of nitrogens with zero attached hydrogens (tertiary/aromatic N) is 1. The first-order valence-electron chi connectivity index (χ1n) is 10.4. The molecule has 5 rings (SSSR count). The normalized spacial score (nSPS) is 13.4. The molecule has 0 fully saturated rings. The van der Waals surface area contributed by atoms with Gasteiger partial charge in [-0.3, -0.25) is 4.79 Å². The van der Waals surface area contributed by atoms with E-state index in [0.717, 1.165) is 39.5 Å². The Bertz CT molecular complexity index is 1220. The Kier molecular flexibility index (Phi) is 5.17. The first kappa shape index (κ1) is 19.5. The van der Waals surface area contributed by atoms with E-state index in [9.17, 15) is 4.79 Å². The quantitative estimate of drug-likeness (QED) is 0.390. The molecule has 2 heterocycles. The molecule has 2 aromatic heterocycles. The van der Waals surface area contributed by atoms with Crippen molar-refractivity contribution < 1.29 is 4.79 Å². The van der Waals surface area contributed by atoms with Crippen molar-refractivity contribution in [3.05, 3.63) is 69.6 Å². The van der Waals surface area contributed by atoms with Gasteiger partial charge in [0.1, 0.15) is 10.0 Å². The largest absolute Gasteiger partial charge is 0.317 e. The van der Waals surface area contributed by atoms with Crippen LogP contribution in [0.4, 0.5) is 5.00 Å². The van der Waals surface area contributed by atoms with Gasteiger partial charge in [-0.15, -0.1) is 22.7 Å². The molecule has 0 saturated carbocycles. The van der Waals surface area contributed by atoms with Crippen LogP contribution in [0.5, 0.6) is 0 Å². The molecule has 0 bridgehead atoms. The summed E-state index contributed by atoms with van der Waals surface area (Å²) in [6, 6.07) is 14.5. The number of hydrogen-bond donors (Lipinski definition) is 1. The number of para-hydroxylation sites is 1. The van der Waals surface area contributed by atoms with E-state index in [4.69, 9.17) is 4.98 Å². The zero-order valence-electron chi connectivity index (χ0n) is 17.2. The molecule has 30 heavy (non-hydrogen) atoms. The standard InChI is InChI=1S/C25H24N2OS2/c1-15-11-12-17(16(2)13-15)14-22(28)27-25-23(18-7-3-5-9-20(18)29-25)24-26-19-8-4-6-10-21(19)30-24/h4,6,8,10-13H,3,5,7,9,14H2,1-2H3,(H,27,28). The van der Waals surface area contributed by atoms with Crippen molar-refractivity contribution in [3.63, 3.8) is 0 Å². The van der Waals surface area contributed by atoms with Crippen LogP contribution in [0, 0.1) is 13.8 Å². The molecular weight excluding hydrogens is 408 g/mol. The zero-order valence-corrected chi connectivity index (χ0v) is 18.9. The van der Waals surface area contributed by atoms with E-state index >= 15 is 0 Å². The topological polar surface area (TPSA) is 42.0 Å². The fourth-order valence-corrected chi connectivity index (χ4v) is 6.66. The number of carbonyl (C=O) groups excluding carboxylic acids is 1. The molecule has 2 aromatic carbocycles. The number of anilines is 1. The van der Waals surface area contributed by atoms with Gasteiger partial charge in [0.15, 0.2) is 0 Å². The smallest absolute Gasteiger partial charge is 0.229 e. The van der Waals surface area contributed by atoms with Crippen molar-refractivity contribution in [1.82, 2.24) is 4.98 Å². The van der Waals surface area contributed by atoms with Crippen LogP contribution in [0.25, 0.3) is 20.8 Å². The Morgan fingerprint density at radius 1 is 1.07 bits per heavy atom. The lowest BCUT2D eigenvalue weighted by atomic mass is 9.95. The summed E-state index contributed by atoms with van der Waals surface area (Å²) in [5, 5.41) is 5.24. The first-order valence-corrected chi connectivity index (χ1v) is 12.1. The van der Waals surface area contributed by atoms with Gasteiger partial charge in [0, 0.05) is 10.4 Å². The van der Waals surface area contributed by atoms with Crippen molar-refractivity contribution in [3.8, 4) is 10.6 Å². The van der Waals surface area contributed by atoms with Crippen LogP contribution in [0.3, 0.4) is 0 Å². The number of aryl methyl sites for hydroxylation is 3. The average molecular weight is 433 g/mol. The molecule has 0 saturated heterocycles. The summed E-state index contributed by atoms with van der Waals surface area (Å²) in [7, 11) is 0. The van der Waals surface area contributed by atoms with Crippen molar-refractivity contribution in [2.75, 3.05) is 5.32 Å². The second-order valence-electron chi connectivity index (χ2n) is 8.06. The van der Waals surface area contributed by atoms with E-state index < -0.39 is 0 Å². The number of rotatable bonds is 4. The lowest BCUT2D eigenvalue weighted by molar-refractivity contribution is -0.115. The molecule has 152 valence electrons. The molecule has 1 aliphatic rings. The lowest BCUT2D eigenvalue weighted by Gasteiger charge is -2.12. The minimum Gasteiger partial charge on any atom is -0.317 e. The van der Waals surface area contributed by atoms with Gasteiger partial charge in [-0.05, 0) is 68.4 Å². The number of benzene rings is 2. The molecule has 0 atom stereocenters. The van der Waals surface area contributed by atoms with Crippen molar-refractivity contribution in [1.29, 1.82) is 0 Å². The molecule has 1 amide bonds. The van der Waals surface area contributed by atoms with Crippen LogP contribution >= 0.6 is 22.7 Å². The number of thiazole rings is 1. The van der Waals surface area contributed by atoms with Gasteiger partial charge >= 0.3 is 0 Å². The van der Waals surface area contributed by atoms with Gasteiger partial charge < -0.3 is 5.32 Å². The number of thiophene rings is 1. The number of amides is 1. The average Bonchev–Trinajstić information content (AvgIpc) is 3.30. The Morgan fingerprint density at radius 2 is 1.90 bits per heavy atom. The highest BCUT2D eigenvalue weighted by atomic mass is 32.1. The third-order valence-corrected chi connectivity index (χ3v) is 8.04. The molecule has 3 nitrogen and oxygen atoms in total. The van der Waals surface area contributed by atoms with Gasteiger partial charge in [0.25, 0.3) is 0 Å². The summed E-state index contributed by atoms with van der Waals surface area (Å²) in [6.45, 7) is 4.16. The Morgan fingerprint density at radius 3 is 2.73 bits per heavy atom. The minimum absolute atomic E-state index is 0.0444. The summed E-state index contributed by atoms with van der Waals surface area (Å²) >= 11 is 3.47. The first-order chi connectivity index (χ1) is 14.6. The van der Waals surface area contributed by atoms with E-state index in [-0.39, 0.29) is 5.91 Å².